The van der Waals surface area contributed by atoms with E-state index in [1.165, 1.54) is 5.56 Å². The minimum absolute atomic E-state index is 0.370. The van der Waals surface area contributed by atoms with Crippen LogP contribution in [0.2, 0.25) is 0 Å². The molecule has 22 heavy (non-hydrogen) atoms. The summed E-state index contributed by atoms with van der Waals surface area (Å²) in [6, 6.07) is 14.3. The maximum atomic E-state index is 10.6. The normalized spacial score (nSPS) is 10.9. The van der Waals surface area contributed by atoms with E-state index in [1.54, 1.807) is 0 Å². The van der Waals surface area contributed by atoms with Gasteiger partial charge in [-0.25, -0.2) is 0 Å². The number of allylic oxidation sites excluding steroid dienone is 1. The predicted octanol–water partition coefficient (Wildman–Crippen LogP) is 4.63. The SMILES string of the molecule is C=CCc1cc(CN(CC)CC)cc(-c2ccccc2)c1O. The quantitative estimate of drug-likeness (QED) is 0.753. The average molecular weight is 295 g/mol. The van der Waals surface area contributed by atoms with Crippen molar-refractivity contribution in [3.63, 3.8) is 0 Å². The molecule has 0 fully saturated rings. The van der Waals surface area contributed by atoms with Gasteiger partial charge in [0.25, 0.3) is 0 Å². The van der Waals surface area contributed by atoms with Gasteiger partial charge in [-0.3, -0.25) is 4.90 Å². The summed E-state index contributed by atoms with van der Waals surface area (Å²) in [5.74, 6) is 0.370. The highest BCUT2D eigenvalue weighted by Crippen LogP contribution is 2.34. The molecule has 0 saturated carbocycles. The van der Waals surface area contributed by atoms with Gasteiger partial charge in [0, 0.05) is 12.1 Å². The van der Waals surface area contributed by atoms with Crippen LogP contribution in [-0.2, 0) is 13.0 Å². The first-order valence-electron chi connectivity index (χ1n) is 7.93. The molecule has 2 nitrogen and oxygen atoms in total. The molecule has 0 unspecified atom stereocenters. The first-order valence-corrected chi connectivity index (χ1v) is 7.93. The van der Waals surface area contributed by atoms with E-state index in [4.69, 9.17) is 0 Å². The topological polar surface area (TPSA) is 23.5 Å². The number of nitrogens with zero attached hydrogens (tertiary/aromatic N) is 1. The standard InChI is InChI=1S/C20H25NO/c1-4-10-18-13-16(15-21(5-2)6-3)14-19(20(18)22)17-11-8-7-9-12-17/h4,7-9,11-14,22H,1,5-6,10,15H2,2-3H3. The van der Waals surface area contributed by atoms with Crippen LogP contribution >= 0.6 is 0 Å². The molecule has 0 radical (unpaired) electrons. The van der Waals surface area contributed by atoms with Crippen LogP contribution < -0.4 is 0 Å². The summed E-state index contributed by atoms with van der Waals surface area (Å²) < 4.78 is 0. The number of aromatic hydroxyl groups is 1. The van der Waals surface area contributed by atoms with E-state index in [-0.39, 0.29) is 0 Å². The Balaban J connectivity index is 2.47. The molecule has 2 heteroatoms. The van der Waals surface area contributed by atoms with Crippen LogP contribution in [0.15, 0.2) is 55.1 Å². The van der Waals surface area contributed by atoms with Crippen molar-refractivity contribution in [1.29, 1.82) is 0 Å². The predicted molar refractivity (Wildman–Crippen MR) is 94.1 cm³/mol. The molecule has 0 spiro atoms. The Labute approximate surface area is 133 Å². The molecule has 0 heterocycles. The van der Waals surface area contributed by atoms with Crippen LogP contribution in [0.25, 0.3) is 11.1 Å². The summed E-state index contributed by atoms with van der Waals surface area (Å²) in [5.41, 5.74) is 4.13. The summed E-state index contributed by atoms with van der Waals surface area (Å²) in [6.07, 6.45) is 2.52. The fraction of sp³-hybridized carbons (Fsp3) is 0.300. The third kappa shape index (κ3) is 3.77. The van der Waals surface area contributed by atoms with Crippen molar-refractivity contribution in [1.82, 2.24) is 4.90 Å². The minimum Gasteiger partial charge on any atom is -0.507 e. The van der Waals surface area contributed by atoms with E-state index >= 15 is 0 Å². The Bertz CT molecular complexity index is 615. The zero-order valence-corrected chi connectivity index (χ0v) is 13.5. The summed E-state index contributed by atoms with van der Waals surface area (Å²) in [7, 11) is 0. The third-order valence-electron chi connectivity index (χ3n) is 4.00. The van der Waals surface area contributed by atoms with E-state index in [0.717, 1.165) is 36.3 Å². The first kappa shape index (κ1) is 16.3. The van der Waals surface area contributed by atoms with Gasteiger partial charge in [0.05, 0.1) is 0 Å². The summed E-state index contributed by atoms with van der Waals surface area (Å²) in [4.78, 5) is 2.37. The third-order valence-corrected chi connectivity index (χ3v) is 4.00. The van der Waals surface area contributed by atoms with Gasteiger partial charge in [-0.1, -0.05) is 56.3 Å². The number of phenolic OH excluding ortho intramolecular Hbond substituents is 1. The van der Waals surface area contributed by atoms with Gasteiger partial charge in [0.1, 0.15) is 5.75 Å². The lowest BCUT2D eigenvalue weighted by Crippen LogP contribution is -2.22. The summed E-state index contributed by atoms with van der Waals surface area (Å²) >= 11 is 0. The van der Waals surface area contributed by atoms with Gasteiger partial charge in [0.15, 0.2) is 0 Å². The Kier molecular flexibility index (Phi) is 5.79. The van der Waals surface area contributed by atoms with Crippen molar-refractivity contribution in [3.05, 3.63) is 66.2 Å². The average Bonchev–Trinajstić information content (AvgIpc) is 2.56. The highest BCUT2D eigenvalue weighted by molar-refractivity contribution is 5.72. The molecule has 0 saturated heterocycles. The summed E-state index contributed by atoms with van der Waals surface area (Å²) in [5, 5.41) is 10.6. The molecule has 0 aromatic heterocycles. The van der Waals surface area contributed by atoms with Crippen molar-refractivity contribution in [2.45, 2.75) is 26.8 Å². The van der Waals surface area contributed by atoms with Gasteiger partial charge < -0.3 is 5.11 Å². The zero-order valence-electron chi connectivity index (χ0n) is 13.5. The van der Waals surface area contributed by atoms with E-state index < -0.39 is 0 Å². The molecule has 0 amide bonds. The van der Waals surface area contributed by atoms with E-state index in [0.29, 0.717) is 12.2 Å². The Hall–Kier alpha value is -2.06. The van der Waals surface area contributed by atoms with Crippen LogP contribution in [0.1, 0.15) is 25.0 Å². The molecule has 0 atom stereocenters. The second-order valence-corrected chi connectivity index (χ2v) is 5.47. The van der Waals surface area contributed by atoms with Gasteiger partial charge in [0.2, 0.25) is 0 Å². The van der Waals surface area contributed by atoms with Crippen LogP contribution in [0, 0.1) is 0 Å². The molecule has 0 aliphatic rings. The van der Waals surface area contributed by atoms with Crippen molar-refractivity contribution >= 4 is 0 Å². The number of benzene rings is 2. The molecule has 2 aromatic rings. The molecule has 116 valence electrons. The highest BCUT2D eigenvalue weighted by atomic mass is 16.3. The molecular weight excluding hydrogens is 270 g/mol. The second-order valence-electron chi connectivity index (χ2n) is 5.47. The lowest BCUT2D eigenvalue weighted by molar-refractivity contribution is 0.295. The molecule has 2 aromatic carbocycles. The molecule has 0 aliphatic heterocycles. The van der Waals surface area contributed by atoms with Crippen LogP contribution in [0.5, 0.6) is 5.75 Å². The van der Waals surface area contributed by atoms with Gasteiger partial charge in [-0.05, 0) is 42.3 Å². The van der Waals surface area contributed by atoms with Gasteiger partial charge >= 0.3 is 0 Å². The molecule has 2 rings (SSSR count). The van der Waals surface area contributed by atoms with Crippen molar-refractivity contribution in [2.24, 2.45) is 0 Å². The maximum absolute atomic E-state index is 10.6. The van der Waals surface area contributed by atoms with Crippen molar-refractivity contribution < 1.29 is 5.11 Å². The van der Waals surface area contributed by atoms with Crippen LogP contribution in [0.3, 0.4) is 0 Å². The van der Waals surface area contributed by atoms with Crippen molar-refractivity contribution in [3.8, 4) is 16.9 Å². The molecule has 1 N–H and O–H groups in total. The molecular formula is C20H25NO. The Morgan fingerprint density at radius 3 is 2.36 bits per heavy atom. The number of phenols is 1. The second kappa shape index (κ2) is 7.81. The van der Waals surface area contributed by atoms with E-state index in [1.807, 2.05) is 36.4 Å². The van der Waals surface area contributed by atoms with Gasteiger partial charge in [-0.15, -0.1) is 6.58 Å². The first-order chi connectivity index (χ1) is 10.7. The summed E-state index contributed by atoms with van der Waals surface area (Å²) in [6.45, 7) is 11.1. The lowest BCUT2D eigenvalue weighted by Gasteiger charge is -2.20. The van der Waals surface area contributed by atoms with Crippen LogP contribution in [0.4, 0.5) is 0 Å². The van der Waals surface area contributed by atoms with E-state index in [9.17, 15) is 5.11 Å². The number of hydrogen-bond donors (Lipinski definition) is 1. The Morgan fingerprint density at radius 2 is 1.77 bits per heavy atom. The maximum Gasteiger partial charge on any atom is 0.126 e. The smallest absolute Gasteiger partial charge is 0.126 e. The molecule has 0 aliphatic carbocycles. The monoisotopic (exact) mass is 295 g/mol. The van der Waals surface area contributed by atoms with Crippen LogP contribution in [-0.4, -0.2) is 23.1 Å². The van der Waals surface area contributed by atoms with E-state index in [2.05, 4.69) is 37.5 Å². The minimum atomic E-state index is 0.370. The fourth-order valence-electron chi connectivity index (χ4n) is 2.71. The molecule has 0 bridgehead atoms. The fourth-order valence-corrected chi connectivity index (χ4v) is 2.71. The Morgan fingerprint density at radius 1 is 1.09 bits per heavy atom. The van der Waals surface area contributed by atoms with Gasteiger partial charge in [-0.2, -0.15) is 0 Å². The highest BCUT2D eigenvalue weighted by Gasteiger charge is 2.12. The lowest BCUT2D eigenvalue weighted by atomic mass is 9.96. The number of rotatable bonds is 7. The van der Waals surface area contributed by atoms with Crippen molar-refractivity contribution in [2.75, 3.05) is 13.1 Å². The largest absolute Gasteiger partial charge is 0.507 e. The number of hydrogen-bond acceptors (Lipinski definition) is 2. The zero-order chi connectivity index (χ0) is 15.9.